The topological polar surface area (TPSA) is 129 Å². The van der Waals surface area contributed by atoms with E-state index in [0.29, 0.717) is 40.7 Å². The minimum Gasteiger partial charge on any atom is -0.436 e. The zero-order valence-corrected chi connectivity index (χ0v) is 58.3. The first-order valence-corrected chi connectivity index (χ1v) is 36.5. The fourth-order valence-corrected chi connectivity index (χ4v) is 16.7. The summed E-state index contributed by atoms with van der Waals surface area (Å²) in [7, 11) is 0. The molecule has 0 amide bonds. The van der Waals surface area contributed by atoms with Crippen LogP contribution in [0.1, 0.15) is 0 Å². The van der Waals surface area contributed by atoms with Gasteiger partial charge in [-0.05, 0) is 192 Å². The summed E-state index contributed by atoms with van der Waals surface area (Å²) >= 11 is 0. The van der Waals surface area contributed by atoms with E-state index < -0.39 is 0 Å². The molecule has 0 bridgehead atoms. The normalized spacial score (nSPS) is 11.9. The van der Waals surface area contributed by atoms with Gasteiger partial charge in [0.05, 0.1) is 11.0 Å². The number of hydrogen-bond acceptors (Lipinski definition) is 10. The van der Waals surface area contributed by atoms with Gasteiger partial charge in [-0.2, -0.15) is 0 Å². The highest BCUT2D eigenvalue weighted by atomic mass is 16.3. The van der Waals surface area contributed by atoms with Gasteiger partial charge in [-0.3, -0.25) is 4.98 Å². The maximum absolute atomic E-state index is 6.01. The van der Waals surface area contributed by atoms with E-state index in [0.717, 1.165) is 82.3 Å². The minimum absolute atomic E-state index is 0.543. The van der Waals surface area contributed by atoms with E-state index >= 15 is 0 Å². The predicted molar refractivity (Wildman–Crippen MR) is 443 cm³/mol. The molecule has 0 N–H and O–H groups in total. The maximum atomic E-state index is 6.01. The van der Waals surface area contributed by atoms with E-state index in [2.05, 4.69) is 305 Å². The first-order chi connectivity index (χ1) is 54.0. The van der Waals surface area contributed by atoms with E-state index in [1.165, 1.54) is 110 Å². The van der Waals surface area contributed by atoms with Gasteiger partial charge in [0.1, 0.15) is 17.5 Å². The molecule has 504 valence electrons. The van der Waals surface area contributed by atoms with Crippen LogP contribution in [-0.2, 0) is 0 Å². The second-order valence-corrected chi connectivity index (χ2v) is 27.8. The van der Waals surface area contributed by atoms with Gasteiger partial charge in [0.25, 0.3) is 0 Å². The lowest BCUT2D eigenvalue weighted by atomic mass is 9.93. The molecule has 0 radical (unpaired) electrons. The molecule has 0 saturated heterocycles. The van der Waals surface area contributed by atoms with Crippen molar-refractivity contribution in [1.29, 1.82) is 0 Å². The summed E-state index contributed by atoms with van der Waals surface area (Å²) in [5.74, 6) is 3.84. The third-order valence-corrected chi connectivity index (χ3v) is 21.7. The summed E-state index contributed by atoms with van der Waals surface area (Å²) in [6.07, 6.45) is 3.37. The Bertz CT molecular complexity index is 7190. The van der Waals surface area contributed by atoms with E-state index in [4.69, 9.17) is 29.3 Å². The molecule has 3 aliphatic carbocycles. The van der Waals surface area contributed by atoms with Gasteiger partial charge in [0.15, 0.2) is 34.7 Å². The summed E-state index contributed by atoms with van der Waals surface area (Å²) in [6, 6.07) is 117. The van der Waals surface area contributed by atoms with Crippen molar-refractivity contribution in [1.82, 2.24) is 44.9 Å². The van der Waals surface area contributed by atoms with Gasteiger partial charge < -0.3 is 4.42 Å². The maximum Gasteiger partial charge on any atom is 0.227 e. The summed E-state index contributed by atoms with van der Waals surface area (Å²) in [5, 5.41) is 14.2. The molecular weight excluding hydrogens is 1330 g/mol. The molecule has 10 heteroatoms. The molecule has 109 heavy (non-hydrogen) atoms. The third-order valence-electron chi connectivity index (χ3n) is 21.7. The number of fused-ring (bicyclic) bond motifs is 15. The molecule has 0 atom stereocenters. The van der Waals surface area contributed by atoms with Gasteiger partial charge >= 0.3 is 0 Å². The Hall–Kier alpha value is -14.9. The number of para-hydroxylation sites is 2. The second kappa shape index (κ2) is 24.9. The smallest absolute Gasteiger partial charge is 0.227 e. The number of pyridine rings is 2. The molecule has 24 rings (SSSR count). The van der Waals surface area contributed by atoms with Crippen LogP contribution >= 0.6 is 0 Å². The van der Waals surface area contributed by atoms with Crippen LogP contribution in [0.15, 0.2) is 351 Å². The lowest BCUT2D eigenvalue weighted by molar-refractivity contribution is 0.620. The van der Waals surface area contributed by atoms with Crippen molar-refractivity contribution in [2.45, 2.75) is 0 Å². The minimum atomic E-state index is 0.543. The highest BCUT2D eigenvalue weighted by Crippen LogP contribution is 2.53. The molecule has 0 aliphatic heterocycles. The van der Waals surface area contributed by atoms with Crippen molar-refractivity contribution in [2.24, 2.45) is 0 Å². The van der Waals surface area contributed by atoms with Crippen LogP contribution in [0.25, 0.3) is 233 Å². The molecule has 0 fully saturated rings. The number of nitrogens with zero attached hydrogens (tertiary/aromatic N) is 9. The van der Waals surface area contributed by atoms with E-state index in [-0.39, 0.29) is 0 Å². The Kier molecular flexibility index (Phi) is 14.1. The van der Waals surface area contributed by atoms with Crippen molar-refractivity contribution < 1.29 is 4.42 Å². The molecular formula is C99H57N9O. The first-order valence-electron chi connectivity index (χ1n) is 36.5. The zero-order valence-electron chi connectivity index (χ0n) is 58.3. The fraction of sp³-hybridized carbons (Fsp3) is 0. The van der Waals surface area contributed by atoms with E-state index in [1.54, 1.807) is 12.5 Å². The quantitative estimate of drug-likeness (QED) is 0.142. The van der Waals surface area contributed by atoms with Gasteiger partial charge in [0.2, 0.25) is 5.89 Å². The fourth-order valence-electron chi connectivity index (χ4n) is 16.7. The Balaban J connectivity index is 0.000000102. The highest BCUT2D eigenvalue weighted by molar-refractivity contribution is 6.21. The molecule has 0 spiro atoms. The van der Waals surface area contributed by atoms with Crippen molar-refractivity contribution in [3.05, 3.63) is 346 Å². The number of rotatable bonds is 7. The van der Waals surface area contributed by atoms with Crippen LogP contribution < -0.4 is 0 Å². The van der Waals surface area contributed by atoms with E-state index in [1.807, 2.05) is 48.5 Å². The molecule has 5 heterocycles. The predicted octanol–water partition coefficient (Wildman–Crippen LogP) is 25.0. The summed E-state index contributed by atoms with van der Waals surface area (Å²) in [4.78, 5) is 43.4. The Morgan fingerprint density at radius 3 is 1.20 bits per heavy atom. The van der Waals surface area contributed by atoms with Crippen LogP contribution in [0.5, 0.6) is 0 Å². The lowest BCUT2D eigenvalue weighted by Crippen LogP contribution is -2.00. The Labute approximate surface area is 624 Å². The number of benzene rings is 16. The Morgan fingerprint density at radius 2 is 0.624 bits per heavy atom. The van der Waals surface area contributed by atoms with Crippen molar-refractivity contribution in [3.8, 4) is 146 Å². The third kappa shape index (κ3) is 10.2. The molecule has 16 aromatic carbocycles. The summed E-state index contributed by atoms with van der Waals surface area (Å²) < 4.78 is 6.01. The first kappa shape index (κ1) is 61.6. The van der Waals surface area contributed by atoms with Gasteiger partial charge in [-0.15, -0.1) is 0 Å². The standard InChI is InChI=1S/C39H23N3.C31H17N5.C29H17NO/c1-3-10-26-22-28(18-16-24(26)8-1)37-40-38(29-19-17-25-9-2-4-11-27(25)23-29)42-39(41-37)35-21-20-34-31-13-6-5-12-30(31)32-14-7-15-33(35)36(32)34;1-2-7-21-20(6-1)22-8-3-9-23-25(14-13-24(21)27(22)23)30-33-17-34-31(36-30)26-15-12-19-11-10-18-5-4-16-32-28(18)29(19)35-26;1-2-10-22-21(9-1)24-12-6-11-23-20(15-16-25(22)28(23)24)18-7-5-8-19(17-18)29-30-26-13-3-4-14-27(26)31-29/h1-23H;1-17H;1-17H. The zero-order chi connectivity index (χ0) is 71.6. The van der Waals surface area contributed by atoms with Gasteiger partial charge in [-0.25, -0.2) is 39.9 Å². The van der Waals surface area contributed by atoms with Crippen LogP contribution in [0.2, 0.25) is 0 Å². The summed E-state index contributed by atoms with van der Waals surface area (Å²) in [6.45, 7) is 0. The van der Waals surface area contributed by atoms with Gasteiger partial charge in [-0.1, -0.05) is 273 Å². The van der Waals surface area contributed by atoms with Crippen LogP contribution in [-0.4, -0.2) is 44.9 Å². The highest BCUT2D eigenvalue weighted by Gasteiger charge is 2.27. The van der Waals surface area contributed by atoms with Crippen LogP contribution in [0.3, 0.4) is 0 Å². The van der Waals surface area contributed by atoms with Crippen LogP contribution in [0, 0.1) is 0 Å². The summed E-state index contributed by atoms with van der Waals surface area (Å²) in [5.41, 5.74) is 26.8. The molecule has 10 nitrogen and oxygen atoms in total. The second-order valence-electron chi connectivity index (χ2n) is 27.8. The Morgan fingerprint density at radius 1 is 0.211 bits per heavy atom. The molecule has 0 unspecified atom stereocenters. The molecule has 5 aromatic heterocycles. The number of hydrogen-bond donors (Lipinski definition) is 0. The molecule has 0 saturated carbocycles. The number of oxazole rings is 1. The molecule has 21 aromatic rings. The largest absolute Gasteiger partial charge is 0.436 e. The average molecular weight is 1390 g/mol. The SMILES string of the molecule is c1cc(-c2nc3ccccc3o2)cc(-c2ccc3c4c(cccc24)-c2ccccc2-3)c1.c1ccc2c(c1)-c1cccc3c(-c4nc(-c5ccc6ccccc6c5)nc(-c5ccc6ccccc6c5)n4)ccc-2c13.c1ccc2c(c1)-c1cccc3c(-c4ncnc(-c5ccc6ccc7cccnc7c6n5)n4)ccc-2c13. The van der Waals surface area contributed by atoms with Crippen LogP contribution in [0.4, 0.5) is 0 Å². The monoisotopic (exact) mass is 1390 g/mol. The van der Waals surface area contributed by atoms with Crippen molar-refractivity contribution in [2.75, 3.05) is 0 Å². The van der Waals surface area contributed by atoms with Gasteiger partial charge in [0, 0.05) is 44.8 Å². The number of aromatic nitrogens is 9. The van der Waals surface area contributed by atoms with E-state index in [9.17, 15) is 0 Å². The lowest BCUT2D eigenvalue weighted by Gasteiger charge is -2.12. The van der Waals surface area contributed by atoms with Crippen molar-refractivity contribution >= 4 is 86.8 Å². The average Bonchev–Trinajstić information content (AvgIpc) is 1.60. The van der Waals surface area contributed by atoms with Crippen molar-refractivity contribution in [3.63, 3.8) is 0 Å². The molecule has 3 aliphatic rings.